The van der Waals surface area contributed by atoms with Gasteiger partial charge in [-0.3, -0.25) is 0 Å². The van der Waals surface area contributed by atoms with E-state index in [0.29, 0.717) is 0 Å². The molecular formula is C12H19N. The first kappa shape index (κ1) is 10.3. The summed E-state index contributed by atoms with van der Waals surface area (Å²) in [5.74, 6) is 0.867. The molecule has 0 aliphatic heterocycles. The van der Waals surface area contributed by atoms with Crippen LogP contribution in [0, 0.1) is 22.7 Å². The lowest BCUT2D eigenvalue weighted by Gasteiger charge is -2.33. The first-order valence-corrected chi connectivity index (χ1v) is 5.28. The largest absolute Gasteiger partial charge is 0.198 e. The topological polar surface area (TPSA) is 23.8 Å². The molecule has 13 heavy (non-hydrogen) atoms. The average molecular weight is 177 g/mol. The normalized spacial score (nSPS) is 33.7. The summed E-state index contributed by atoms with van der Waals surface area (Å²) in [6, 6.07) is 2.49. The van der Waals surface area contributed by atoms with Crippen molar-refractivity contribution in [2.45, 2.75) is 45.4 Å². The molecule has 1 aliphatic carbocycles. The van der Waals surface area contributed by atoms with E-state index in [9.17, 15) is 0 Å². The second-order valence-corrected chi connectivity index (χ2v) is 4.24. The lowest BCUT2D eigenvalue weighted by atomic mass is 9.69. The van der Waals surface area contributed by atoms with Gasteiger partial charge in [-0.05, 0) is 38.0 Å². The molecule has 0 radical (unpaired) electrons. The van der Waals surface area contributed by atoms with Gasteiger partial charge in [0.1, 0.15) is 0 Å². The molecule has 0 bridgehead atoms. The summed E-state index contributed by atoms with van der Waals surface area (Å²) >= 11 is 0. The van der Waals surface area contributed by atoms with Gasteiger partial charge in [0.05, 0.1) is 11.5 Å². The molecule has 1 saturated carbocycles. The van der Waals surface area contributed by atoms with Crippen LogP contribution in [0.15, 0.2) is 12.7 Å². The van der Waals surface area contributed by atoms with E-state index in [1.54, 1.807) is 0 Å². The minimum Gasteiger partial charge on any atom is -0.198 e. The molecule has 0 aromatic heterocycles. The molecule has 0 saturated heterocycles. The molecule has 0 aromatic carbocycles. The Morgan fingerprint density at radius 3 is 2.54 bits per heavy atom. The Balaban J connectivity index is 2.53. The molecule has 0 heterocycles. The van der Waals surface area contributed by atoms with Gasteiger partial charge in [-0.25, -0.2) is 0 Å². The maximum absolute atomic E-state index is 9.13. The van der Waals surface area contributed by atoms with Crippen molar-refractivity contribution in [3.8, 4) is 6.07 Å². The lowest BCUT2D eigenvalue weighted by Crippen LogP contribution is -2.25. The van der Waals surface area contributed by atoms with Gasteiger partial charge in [-0.15, -0.1) is 6.58 Å². The van der Waals surface area contributed by atoms with Crippen molar-refractivity contribution in [2.75, 3.05) is 0 Å². The van der Waals surface area contributed by atoms with E-state index in [2.05, 4.69) is 19.6 Å². The Bertz CT molecular complexity index is 204. The van der Waals surface area contributed by atoms with Crippen molar-refractivity contribution >= 4 is 0 Å². The van der Waals surface area contributed by atoms with Gasteiger partial charge in [0.25, 0.3) is 0 Å². The zero-order valence-corrected chi connectivity index (χ0v) is 8.55. The molecule has 1 aliphatic rings. The molecule has 0 spiro atoms. The van der Waals surface area contributed by atoms with E-state index in [-0.39, 0.29) is 5.41 Å². The van der Waals surface area contributed by atoms with Gasteiger partial charge in [0.2, 0.25) is 0 Å². The predicted molar refractivity (Wildman–Crippen MR) is 55.1 cm³/mol. The summed E-state index contributed by atoms with van der Waals surface area (Å²) in [6.45, 7) is 5.98. The molecule has 0 unspecified atom stereocenters. The zero-order valence-electron chi connectivity index (χ0n) is 8.55. The highest BCUT2D eigenvalue weighted by atomic mass is 14.4. The fourth-order valence-electron chi connectivity index (χ4n) is 2.28. The van der Waals surface area contributed by atoms with Crippen molar-refractivity contribution in [2.24, 2.45) is 11.3 Å². The van der Waals surface area contributed by atoms with Crippen LogP contribution in [-0.2, 0) is 0 Å². The second kappa shape index (κ2) is 4.46. The Kier molecular flexibility index (Phi) is 3.54. The van der Waals surface area contributed by atoms with Crippen LogP contribution >= 0.6 is 0 Å². The minimum absolute atomic E-state index is 0.0621. The Labute approximate surface area is 81.5 Å². The molecular weight excluding hydrogens is 158 g/mol. The third-order valence-corrected chi connectivity index (χ3v) is 3.41. The van der Waals surface area contributed by atoms with Gasteiger partial charge >= 0.3 is 0 Å². The standard InChI is InChI=1S/C12H19N/c1-3-7-12(10-13)8-5-11(4-2)6-9-12/h3,11H,1,4-9H2,2H3. The van der Waals surface area contributed by atoms with E-state index >= 15 is 0 Å². The van der Waals surface area contributed by atoms with E-state index in [1.165, 1.54) is 19.3 Å². The molecule has 1 heteroatoms. The Morgan fingerprint density at radius 2 is 2.15 bits per heavy atom. The van der Waals surface area contributed by atoms with Crippen molar-refractivity contribution in [3.63, 3.8) is 0 Å². The van der Waals surface area contributed by atoms with Crippen molar-refractivity contribution in [1.29, 1.82) is 5.26 Å². The van der Waals surface area contributed by atoms with E-state index in [0.717, 1.165) is 25.2 Å². The number of hydrogen-bond donors (Lipinski definition) is 0. The Morgan fingerprint density at radius 1 is 1.54 bits per heavy atom. The summed E-state index contributed by atoms with van der Waals surface area (Å²) in [5.41, 5.74) is -0.0621. The number of rotatable bonds is 3. The molecule has 0 atom stereocenters. The van der Waals surface area contributed by atoms with Crippen LogP contribution in [0.2, 0.25) is 0 Å². The monoisotopic (exact) mass is 177 g/mol. The van der Waals surface area contributed by atoms with Gasteiger partial charge < -0.3 is 0 Å². The first-order chi connectivity index (χ1) is 6.26. The SMILES string of the molecule is C=CCC1(C#N)CCC(CC)CC1. The van der Waals surface area contributed by atoms with Crippen molar-refractivity contribution < 1.29 is 0 Å². The molecule has 1 nitrogen and oxygen atoms in total. The predicted octanol–water partition coefficient (Wildman–Crippen LogP) is 3.67. The third kappa shape index (κ3) is 2.34. The van der Waals surface area contributed by atoms with Crippen LogP contribution in [0.1, 0.15) is 45.4 Å². The van der Waals surface area contributed by atoms with E-state index in [1.807, 2.05) is 6.08 Å². The molecule has 0 N–H and O–H groups in total. The van der Waals surface area contributed by atoms with Crippen LogP contribution in [0.25, 0.3) is 0 Å². The van der Waals surface area contributed by atoms with Crippen LogP contribution in [0.3, 0.4) is 0 Å². The average Bonchev–Trinajstić information content (AvgIpc) is 2.19. The highest BCUT2D eigenvalue weighted by Crippen LogP contribution is 2.42. The smallest absolute Gasteiger partial charge is 0.0693 e. The molecule has 1 rings (SSSR count). The quantitative estimate of drug-likeness (QED) is 0.603. The highest BCUT2D eigenvalue weighted by molar-refractivity contribution is 5.04. The number of allylic oxidation sites excluding steroid dienone is 1. The van der Waals surface area contributed by atoms with Crippen LogP contribution < -0.4 is 0 Å². The third-order valence-electron chi connectivity index (χ3n) is 3.41. The second-order valence-electron chi connectivity index (χ2n) is 4.24. The summed E-state index contributed by atoms with van der Waals surface area (Å²) in [5, 5.41) is 9.13. The molecule has 0 aromatic rings. The maximum Gasteiger partial charge on any atom is 0.0693 e. The van der Waals surface area contributed by atoms with Crippen LogP contribution in [-0.4, -0.2) is 0 Å². The fourth-order valence-corrected chi connectivity index (χ4v) is 2.28. The molecule has 1 fully saturated rings. The number of hydrogen-bond acceptors (Lipinski definition) is 1. The van der Waals surface area contributed by atoms with E-state index in [4.69, 9.17) is 5.26 Å². The molecule has 0 amide bonds. The fraction of sp³-hybridized carbons (Fsp3) is 0.750. The lowest BCUT2D eigenvalue weighted by molar-refractivity contribution is 0.208. The summed E-state index contributed by atoms with van der Waals surface area (Å²) in [6.07, 6.45) is 8.67. The van der Waals surface area contributed by atoms with Crippen LogP contribution in [0.5, 0.6) is 0 Å². The van der Waals surface area contributed by atoms with Crippen molar-refractivity contribution in [3.05, 3.63) is 12.7 Å². The Hall–Kier alpha value is -0.770. The summed E-state index contributed by atoms with van der Waals surface area (Å²) in [4.78, 5) is 0. The summed E-state index contributed by atoms with van der Waals surface area (Å²) < 4.78 is 0. The first-order valence-electron chi connectivity index (χ1n) is 5.28. The van der Waals surface area contributed by atoms with Gasteiger partial charge in [0.15, 0.2) is 0 Å². The summed E-state index contributed by atoms with van der Waals surface area (Å²) in [7, 11) is 0. The number of nitrogens with zero attached hydrogens (tertiary/aromatic N) is 1. The van der Waals surface area contributed by atoms with E-state index < -0.39 is 0 Å². The van der Waals surface area contributed by atoms with Gasteiger partial charge in [-0.1, -0.05) is 19.4 Å². The zero-order chi connectivity index (χ0) is 9.73. The van der Waals surface area contributed by atoms with Crippen molar-refractivity contribution in [1.82, 2.24) is 0 Å². The minimum atomic E-state index is -0.0621. The maximum atomic E-state index is 9.13. The number of nitriles is 1. The van der Waals surface area contributed by atoms with Gasteiger partial charge in [0, 0.05) is 0 Å². The highest BCUT2D eigenvalue weighted by Gasteiger charge is 2.33. The van der Waals surface area contributed by atoms with Crippen LogP contribution in [0.4, 0.5) is 0 Å². The molecule has 72 valence electrons. The van der Waals surface area contributed by atoms with Gasteiger partial charge in [-0.2, -0.15) is 5.26 Å².